The number of hydrogen-bond acceptors (Lipinski definition) is 6. The maximum Gasteiger partial charge on any atom is 0.259 e. The monoisotopic (exact) mass is 433 g/mol. The molecular weight excluding hydrogens is 406 g/mol. The van der Waals surface area contributed by atoms with Gasteiger partial charge >= 0.3 is 0 Å². The number of aryl methyl sites for hydroxylation is 3. The van der Waals surface area contributed by atoms with Crippen LogP contribution in [0.4, 0.5) is 0 Å². The molecule has 5 heterocycles. The molecule has 1 amide bonds. The van der Waals surface area contributed by atoms with Gasteiger partial charge in [-0.05, 0) is 19.9 Å². The third-order valence-electron chi connectivity index (χ3n) is 6.00. The normalized spacial score (nSPS) is 15.0. The second-order valence-corrected chi connectivity index (χ2v) is 8.20. The SMILES string of the molecule is CCn1cc(-c2ccnc3c(C(=O)N4CCN(Cc5cnn(C)c5)CC4)cnn23)c(C)n1. The molecule has 0 spiro atoms. The number of piperazine rings is 1. The molecule has 4 aromatic heterocycles. The molecule has 1 saturated heterocycles. The van der Waals surface area contributed by atoms with Gasteiger partial charge in [0.15, 0.2) is 5.65 Å². The van der Waals surface area contributed by atoms with Gasteiger partial charge in [0.1, 0.15) is 5.56 Å². The molecule has 0 radical (unpaired) electrons. The van der Waals surface area contributed by atoms with E-state index in [1.165, 1.54) is 5.56 Å². The van der Waals surface area contributed by atoms with Gasteiger partial charge in [-0.3, -0.25) is 19.1 Å². The predicted octanol–water partition coefficient (Wildman–Crippen LogP) is 1.61. The summed E-state index contributed by atoms with van der Waals surface area (Å²) in [6, 6.07) is 1.91. The van der Waals surface area contributed by atoms with Crippen LogP contribution in [-0.4, -0.2) is 76.0 Å². The van der Waals surface area contributed by atoms with Crippen molar-refractivity contribution in [3.8, 4) is 11.3 Å². The standard InChI is InChI=1S/C22H27N9O/c1-4-30-15-19(16(2)26-30)20-5-6-23-21-18(12-25-31(20)21)22(32)29-9-7-28(8-10-29)14-17-11-24-27(3)13-17/h5-6,11-13,15H,4,7-10,14H2,1-3H3. The summed E-state index contributed by atoms with van der Waals surface area (Å²) in [6.07, 6.45) is 9.31. The first-order valence-electron chi connectivity index (χ1n) is 10.9. The molecule has 32 heavy (non-hydrogen) atoms. The first-order chi connectivity index (χ1) is 15.5. The highest BCUT2D eigenvalue weighted by atomic mass is 16.2. The first kappa shape index (κ1) is 20.4. The number of rotatable bonds is 5. The van der Waals surface area contributed by atoms with Crippen LogP contribution >= 0.6 is 0 Å². The predicted molar refractivity (Wildman–Crippen MR) is 119 cm³/mol. The van der Waals surface area contributed by atoms with Crippen molar-refractivity contribution in [2.45, 2.75) is 26.9 Å². The Morgan fingerprint density at radius 2 is 1.91 bits per heavy atom. The highest BCUT2D eigenvalue weighted by Crippen LogP contribution is 2.24. The fourth-order valence-electron chi connectivity index (χ4n) is 4.27. The number of carbonyl (C=O) groups excluding carboxylic acids is 1. The van der Waals surface area contributed by atoms with Crippen molar-refractivity contribution in [1.82, 2.24) is 44.0 Å². The summed E-state index contributed by atoms with van der Waals surface area (Å²) in [5.74, 6) is -0.0216. The smallest absolute Gasteiger partial charge is 0.259 e. The van der Waals surface area contributed by atoms with E-state index in [9.17, 15) is 4.79 Å². The molecule has 0 unspecified atom stereocenters. The van der Waals surface area contributed by atoms with Crippen LogP contribution < -0.4 is 0 Å². The first-order valence-corrected chi connectivity index (χ1v) is 10.9. The number of carbonyl (C=O) groups is 1. The van der Waals surface area contributed by atoms with Gasteiger partial charge in [-0.2, -0.15) is 15.3 Å². The van der Waals surface area contributed by atoms with Crippen LogP contribution in [0.5, 0.6) is 0 Å². The van der Waals surface area contributed by atoms with Crippen LogP contribution in [0.1, 0.15) is 28.5 Å². The Morgan fingerprint density at radius 3 is 2.59 bits per heavy atom. The van der Waals surface area contributed by atoms with E-state index in [0.717, 1.165) is 43.1 Å². The Morgan fingerprint density at radius 1 is 1.09 bits per heavy atom. The average molecular weight is 434 g/mol. The Bertz CT molecular complexity index is 1260. The highest BCUT2D eigenvalue weighted by Gasteiger charge is 2.26. The molecule has 0 aromatic carbocycles. The van der Waals surface area contributed by atoms with Crippen molar-refractivity contribution in [3.63, 3.8) is 0 Å². The summed E-state index contributed by atoms with van der Waals surface area (Å²) >= 11 is 0. The van der Waals surface area contributed by atoms with Gasteiger partial charge in [0.2, 0.25) is 0 Å². The second kappa shape index (κ2) is 8.19. The fraction of sp³-hybridized carbons (Fsp3) is 0.409. The zero-order valence-electron chi connectivity index (χ0n) is 18.6. The van der Waals surface area contributed by atoms with Gasteiger partial charge in [0.05, 0.1) is 23.8 Å². The zero-order chi connectivity index (χ0) is 22.2. The molecule has 0 bridgehead atoms. The Hall–Kier alpha value is -3.53. The third-order valence-corrected chi connectivity index (χ3v) is 6.00. The number of amides is 1. The summed E-state index contributed by atoms with van der Waals surface area (Å²) < 4.78 is 5.46. The lowest BCUT2D eigenvalue weighted by molar-refractivity contribution is 0.0630. The lowest BCUT2D eigenvalue weighted by atomic mass is 10.2. The summed E-state index contributed by atoms with van der Waals surface area (Å²) in [5, 5.41) is 13.3. The van der Waals surface area contributed by atoms with E-state index in [4.69, 9.17) is 0 Å². The minimum absolute atomic E-state index is 0.0216. The summed E-state index contributed by atoms with van der Waals surface area (Å²) in [5.41, 5.74) is 5.10. The molecular formula is C22H27N9O. The van der Waals surface area contributed by atoms with Crippen LogP contribution in [0.2, 0.25) is 0 Å². The van der Waals surface area contributed by atoms with Crippen molar-refractivity contribution < 1.29 is 4.79 Å². The molecule has 5 rings (SSSR count). The summed E-state index contributed by atoms with van der Waals surface area (Å²) in [4.78, 5) is 22.0. The molecule has 10 nitrogen and oxygen atoms in total. The van der Waals surface area contributed by atoms with Crippen LogP contribution in [-0.2, 0) is 20.1 Å². The number of aromatic nitrogens is 7. The molecule has 166 valence electrons. The second-order valence-electron chi connectivity index (χ2n) is 8.20. The Kier molecular flexibility index (Phi) is 5.22. The van der Waals surface area contributed by atoms with Crippen LogP contribution in [0.25, 0.3) is 16.9 Å². The molecule has 0 atom stereocenters. The maximum atomic E-state index is 13.3. The van der Waals surface area contributed by atoms with Gasteiger partial charge in [-0.25, -0.2) is 9.50 Å². The lowest BCUT2D eigenvalue weighted by Crippen LogP contribution is -2.48. The molecule has 1 aliphatic heterocycles. The lowest BCUT2D eigenvalue weighted by Gasteiger charge is -2.34. The quantitative estimate of drug-likeness (QED) is 0.475. The topological polar surface area (TPSA) is 89.4 Å². The highest BCUT2D eigenvalue weighted by molar-refractivity contribution is 6.00. The van der Waals surface area contributed by atoms with E-state index in [1.807, 2.05) is 52.9 Å². The van der Waals surface area contributed by atoms with E-state index in [-0.39, 0.29) is 5.91 Å². The van der Waals surface area contributed by atoms with Crippen LogP contribution in [0, 0.1) is 6.92 Å². The van der Waals surface area contributed by atoms with Crippen LogP contribution in [0.15, 0.2) is 37.1 Å². The minimum atomic E-state index is -0.0216. The van der Waals surface area contributed by atoms with Gasteiger partial charge in [0, 0.05) is 76.0 Å². The van der Waals surface area contributed by atoms with E-state index in [0.29, 0.717) is 24.3 Å². The van der Waals surface area contributed by atoms with Crippen molar-refractivity contribution in [3.05, 3.63) is 53.9 Å². The van der Waals surface area contributed by atoms with Crippen LogP contribution in [0.3, 0.4) is 0 Å². The number of hydrogen-bond donors (Lipinski definition) is 0. The molecule has 1 aliphatic rings. The Balaban J connectivity index is 1.34. The molecule has 1 fully saturated rings. The van der Waals surface area contributed by atoms with E-state index in [2.05, 4.69) is 32.1 Å². The van der Waals surface area contributed by atoms with Gasteiger partial charge in [0.25, 0.3) is 5.91 Å². The molecule has 4 aromatic rings. The van der Waals surface area contributed by atoms with Crippen molar-refractivity contribution in [1.29, 1.82) is 0 Å². The largest absolute Gasteiger partial charge is 0.336 e. The molecule has 0 saturated carbocycles. The average Bonchev–Trinajstić information content (AvgIpc) is 3.51. The van der Waals surface area contributed by atoms with Crippen molar-refractivity contribution >= 4 is 11.6 Å². The summed E-state index contributed by atoms with van der Waals surface area (Å²) in [7, 11) is 1.92. The minimum Gasteiger partial charge on any atom is -0.336 e. The van der Waals surface area contributed by atoms with Crippen molar-refractivity contribution in [2.24, 2.45) is 7.05 Å². The molecule has 10 heteroatoms. The van der Waals surface area contributed by atoms with Gasteiger partial charge in [-0.1, -0.05) is 0 Å². The zero-order valence-corrected chi connectivity index (χ0v) is 18.6. The van der Waals surface area contributed by atoms with Crippen molar-refractivity contribution in [2.75, 3.05) is 26.2 Å². The number of nitrogens with zero attached hydrogens (tertiary/aromatic N) is 9. The fourth-order valence-corrected chi connectivity index (χ4v) is 4.27. The van der Waals surface area contributed by atoms with E-state index >= 15 is 0 Å². The Labute approximate surface area is 186 Å². The maximum absolute atomic E-state index is 13.3. The van der Waals surface area contributed by atoms with Gasteiger partial charge in [-0.15, -0.1) is 0 Å². The molecule has 0 aliphatic carbocycles. The molecule has 0 N–H and O–H groups in total. The number of fused-ring (bicyclic) bond motifs is 1. The van der Waals surface area contributed by atoms with E-state index < -0.39 is 0 Å². The van der Waals surface area contributed by atoms with E-state index in [1.54, 1.807) is 16.9 Å². The third kappa shape index (κ3) is 3.66. The summed E-state index contributed by atoms with van der Waals surface area (Å²) in [6.45, 7) is 8.69. The van der Waals surface area contributed by atoms with Gasteiger partial charge < -0.3 is 4.90 Å².